The Hall–Kier alpha value is -1.00. The topological polar surface area (TPSA) is 49.3 Å². The van der Waals surface area contributed by atoms with Crippen molar-refractivity contribution in [2.45, 2.75) is 56.7 Å². The van der Waals surface area contributed by atoms with Crippen LogP contribution in [0, 0.1) is 6.92 Å². The molecule has 0 radical (unpaired) electrons. The second-order valence-corrected chi connectivity index (χ2v) is 5.86. The molecule has 0 aliphatic carbocycles. The standard InChI is InChI=1S/C14H21N3O/c1-10-15-8-11(9-16-10)14(18)6-12-4-3-5-13(7-14)17(12)2/h8-9,12-13,18H,3-7H2,1-2H3. The number of aliphatic hydroxyl groups is 1. The summed E-state index contributed by atoms with van der Waals surface area (Å²) in [4.78, 5) is 10.9. The second kappa shape index (κ2) is 4.28. The molecule has 1 N–H and O–H groups in total. The fraction of sp³-hybridized carbons (Fsp3) is 0.714. The SMILES string of the molecule is Cc1ncc(C2(O)CC3CCCC(C2)N3C)cn1. The molecule has 98 valence electrons. The van der Waals surface area contributed by atoms with Gasteiger partial charge in [0, 0.05) is 30.0 Å². The summed E-state index contributed by atoms with van der Waals surface area (Å²) in [7, 11) is 2.19. The van der Waals surface area contributed by atoms with E-state index in [0.29, 0.717) is 12.1 Å². The summed E-state index contributed by atoms with van der Waals surface area (Å²) in [6.07, 6.45) is 8.90. The van der Waals surface area contributed by atoms with Crippen molar-refractivity contribution in [1.82, 2.24) is 14.9 Å². The van der Waals surface area contributed by atoms with E-state index in [9.17, 15) is 5.11 Å². The van der Waals surface area contributed by atoms with Crippen molar-refractivity contribution in [2.75, 3.05) is 7.05 Å². The normalized spacial score (nSPS) is 36.6. The third-order valence-corrected chi connectivity index (χ3v) is 4.69. The van der Waals surface area contributed by atoms with Crippen molar-refractivity contribution in [3.8, 4) is 0 Å². The van der Waals surface area contributed by atoms with Gasteiger partial charge in [-0.3, -0.25) is 0 Å². The van der Waals surface area contributed by atoms with Crippen molar-refractivity contribution < 1.29 is 5.11 Å². The van der Waals surface area contributed by atoms with Crippen molar-refractivity contribution in [2.24, 2.45) is 0 Å². The predicted octanol–water partition coefficient (Wildman–Crippen LogP) is 1.62. The van der Waals surface area contributed by atoms with Gasteiger partial charge in [0.1, 0.15) is 5.82 Å². The molecular weight excluding hydrogens is 226 g/mol. The van der Waals surface area contributed by atoms with Gasteiger partial charge in [0.15, 0.2) is 0 Å². The molecule has 2 saturated heterocycles. The Labute approximate surface area is 108 Å². The molecule has 3 rings (SSSR count). The number of rotatable bonds is 1. The summed E-state index contributed by atoms with van der Waals surface area (Å²) >= 11 is 0. The Morgan fingerprint density at radius 3 is 2.33 bits per heavy atom. The minimum absolute atomic E-state index is 0.504. The second-order valence-electron chi connectivity index (χ2n) is 5.86. The number of aromatic nitrogens is 2. The van der Waals surface area contributed by atoms with Crippen LogP contribution in [0.4, 0.5) is 0 Å². The maximum Gasteiger partial charge on any atom is 0.125 e. The van der Waals surface area contributed by atoms with Gasteiger partial charge in [-0.1, -0.05) is 6.42 Å². The molecule has 1 aromatic rings. The quantitative estimate of drug-likeness (QED) is 0.819. The van der Waals surface area contributed by atoms with Crippen LogP contribution >= 0.6 is 0 Å². The third kappa shape index (κ3) is 1.93. The highest BCUT2D eigenvalue weighted by molar-refractivity contribution is 5.19. The van der Waals surface area contributed by atoms with Gasteiger partial charge in [0.2, 0.25) is 0 Å². The Morgan fingerprint density at radius 1 is 1.22 bits per heavy atom. The van der Waals surface area contributed by atoms with Crippen molar-refractivity contribution in [3.63, 3.8) is 0 Å². The van der Waals surface area contributed by atoms with Crippen LogP contribution in [0.2, 0.25) is 0 Å². The number of hydrogen-bond acceptors (Lipinski definition) is 4. The van der Waals surface area contributed by atoms with Gasteiger partial charge >= 0.3 is 0 Å². The number of hydrogen-bond donors (Lipinski definition) is 1. The first-order valence-corrected chi connectivity index (χ1v) is 6.82. The molecule has 4 nitrogen and oxygen atoms in total. The fourth-order valence-electron chi connectivity index (χ4n) is 3.52. The highest BCUT2D eigenvalue weighted by Crippen LogP contribution is 2.43. The van der Waals surface area contributed by atoms with E-state index in [1.165, 1.54) is 19.3 Å². The van der Waals surface area contributed by atoms with E-state index in [4.69, 9.17) is 0 Å². The number of nitrogens with zero attached hydrogens (tertiary/aromatic N) is 3. The maximum absolute atomic E-state index is 11.0. The molecule has 0 spiro atoms. The summed E-state index contributed by atoms with van der Waals surface area (Å²) in [5.74, 6) is 0.760. The average molecular weight is 247 g/mol. The van der Waals surface area contributed by atoms with Crippen LogP contribution in [0.15, 0.2) is 12.4 Å². The van der Waals surface area contributed by atoms with Crippen molar-refractivity contribution in [1.29, 1.82) is 0 Å². The van der Waals surface area contributed by atoms with Gasteiger partial charge in [0.25, 0.3) is 0 Å². The van der Waals surface area contributed by atoms with E-state index < -0.39 is 5.60 Å². The van der Waals surface area contributed by atoms with Crippen molar-refractivity contribution >= 4 is 0 Å². The molecule has 2 unspecified atom stereocenters. The molecule has 2 atom stereocenters. The number of piperidine rings is 2. The van der Waals surface area contributed by atoms with Crippen LogP contribution in [-0.4, -0.2) is 39.1 Å². The van der Waals surface area contributed by atoms with Gasteiger partial charge in [-0.2, -0.15) is 0 Å². The Kier molecular flexibility index (Phi) is 2.87. The summed E-state index contributed by atoms with van der Waals surface area (Å²) in [5, 5.41) is 11.0. The van der Waals surface area contributed by atoms with E-state index >= 15 is 0 Å². The number of aryl methyl sites for hydroxylation is 1. The first kappa shape index (κ1) is 12.1. The smallest absolute Gasteiger partial charge is 0.125 e. The zero-order valence-corrected chi connectivity index (χ0v) is 11.1. The lowest BCUT2D eigenvalue weighted by Crippen LogP contribution is -2.55. The van der Waals surface area contributed by atoms with Gasteiger partial charge in [-0.25, -0.2) is 9.97 Å². The highest BCUT2D eigenvalue weighted by atomic mass is 16.3. The van der Waals surface area contributed by atoms with Crippen LogP contribution in [0.5, 0.6) is 0 Å². The summed E-state index contributed by atoms with van der Waals surface area (Å²) in [5.41, 5.74) is 0.161. The van der Waals surface area contributed by atoms with E-state index in [0.717, 1.165) is 24.2 Å². The van der Waals surface area contributed by atoms with Crippen LogP contribution in [0.25, 0.3) is 0 Å². The molecule has 2 fully saturated rings. The predicted molar refractivity (Wildman–Crippen MR) is 69.1 cm³/mol. The number of fused-ring (bicyclic) bond motifs is 2. The molecule has 4 heteroatoms. The van der Waals surface area contributed by atoms with Gasteiger partial charge in [-0.15, -0.1) is 0 Å². The van der Waals surface area contributed by atoms with Crippen LogP contribution in [-0.2, 0) is 5.60 Å². The Balaban J connectivity index is 1.89. The van der Waals surface area contributed by atoms with Crippen LogP contribution in [0.1, 0.15) is 43.5 Å². The minimum atomic E-state index is -0.726. The van der Waals surface area contributed by atoms with Gasteiger partial charge < -0.3 is 10.0 Å². The zero-order chi connectivity index (χ0) is 12.8. The molecule has 0 saturated carbocycles. The lowest BCUT2D eigenvalue weighted by atomic mass is 9.73. The van der Waals surface area contributed by atoms with E-state index in [1.807, 2.05) is 6.92 Å². The lowest BCUT2D eigenvalue weighted by Gasteiger charge is -2.50. The third-order valence-electron chi connectivity index (χ3n) is 4.69. The largest absolute Gasteiger partial charge is 0.385 e. The molecule has 18 heavy (non-hydrogen) atoms. The van der Waals surface area contributed by atoms with Gasteiger partial charge in [0.05, 0.1) is 5.60 Å². The van der Waals surface area contributed by atoms with Crippen LogP contribution < -0.4 is 0 Å². The molecule has 2 bridgehead atoms. The average Bonchev–Trinajstić information content (AvgIpc) is 2.32. The lowest BCUT2D eigenvalue weighted by molar-refractivity contribution is -0.0878. The first-order chi connectivity index (χ1) is 8.58. The van der Waals surface area contributed by atoms with Crippen molar-refractivity contribution in [3.05, 3.63) is 23.8 Å². The van der Waals surface area contributed by atoms with Gasteiger partial charge in [-0.05, 0) is 39.7 Å². The summed E-state index contributed by atoms with van der Waals surface area (Å²) in [6, 6.07) is 1.01. The Bertz CT molecular complexity index is 417. The molecule has 2 aliphatic heterocycles. The molecule has 1 aromatic heterocycles. The molecular formula is C14H21N3O. The monoisotopic (exact) mass is 247 g/mol. The Morgan fingerprint density at radius 2 is 1.78 bits per heavy atom. The summed E-state index contributed by atoms with van der Waals surface area (Å²) in [6.45, 7) is 1.87. The molecule has 3 heterocycles. The van der Waals surface area contributed by atoms with E-state index in [1.54, 1.807) is 12.4 Å². The highest BCUT2D eigenvalue weighted by Gasteiger charge is 2.45. The van der Waals surface area contributed by atoms with E-state index in [-0.39, 0.29) is 0 Å². The molecule has 2 aliphatic rings. The first-order valence-electron chi connectivity index (χ1n) is 6.82. The van der Waals surface area contributed by atoms with Crippen LogP contribution in [0.3, 0.4) is 0 Å². The zero-order valence-electron chi connectivity index (χ0n) is 11.1. The van der Waals surface area contributed by atoms with E-state index in [2.05, 4.69) is 21.9 Å². The molecule has 0 amide bonds. The maximum atomic E-state index is 11.0. The summed E-state index contributed by atoms with van der Waals surface area (Å²) < 4.78 is 0. The fourth-order valence-corrected chi connectivity index (χ4v) is 3.52. The molecule has 0 aromatic carbocycles. The minimum Gasteiger partial charge on any atom is -0.385 e.